The van der Waals surface area contributed by atoms with E-state index in [0.29, 0.717) is 5.69 Å². The maximum Gasteiger partial charge on any atom is 0.240 e. The summed E-state index contributed by atoms with van der Waals surface area (Å²) in [5, 5.41) is 0. The number of nitrogens with zero attached hydrogens (tertiary/aromatic N) is 3. The fourth-order valence-corrected chi connectivity index (χ4v) is 1.88. The van der Waals surface area contributed by atoms with Gasteiger partial charge in [0.1, 0.15) is 0 Å². The summed E-state index contributed by atoms with van der Waals surface area (Å²) in [4.78, 5) is 18.4. The summed E-state index contributed by atoms with van der Waals surface area (Å²) in [6.45, 7) is 4.18. The van der Waals surface area contributed by atoms with Gasteiger partial charge in [0.25, 0.3) is 0 Å². The standard InChI is InChI=1S/C12H15N3O/c1-14-5-7-15(8-6-14)12-4-2-3-11(9-12)13-10-16/h2-4,9H,5-8H2,1H3. The summed E-state index contributed by atoms with van der Waals surface area (Å²) < 4.78 is 0. The number of hydrogen-bond donors (Lipinski definition) is 0. The van der Waals surface area contributed by atoms with Crippen LogP contribution in [0.25, 0.3) is 0 Å². The Morgan fingerprint density at radius 2 is 2.00 bits per heavy atom. The number of anilines is 1. The molecule has 84 valence electrons. The van der Waals surface area contributed by atoms with Gasteiger partial charge in [-0.1, -0.05) is 6.07 Å². The van der Waals surface area contributed by atoms with Gasteiger partial charge in [-0.05, 0) is 25.2 Å². The molecule has 1 saturated heterocycles. The topological polar surface area (TPSA) is 35.9 Å². The highest BCUT2D eigenvalue weighted by molar-refractivity contribution is 5.58. The molecule has 1 heterocycles. The molecule has 0 amide bonds. The van der Waals surface area contributed by atoms with E-state index < -0.39 is 0 Å². The van der Waals surface area contributed by atoms with Crippen molar-refractivity contribution in [3.63, 3.8) is 0 Å². The van der Waals surface area contributed by atoms with E-state index in [1.165, 1.54) is 0 Å². The average Bonchev–Trinajstić information content (AvgIpc) is 2.31. The Morgan fingerprint density at radius 1 is 1.25 bits per heavy atom. The molecule has 2 rings (SSSR count). The van der Waals surface area contributed by atoms with E-state index in [4.69, 9.17) is 0 Å². The number of isocyanates is 1. The minimum absolute atomic E-state index is 0.673. The van der Waals surface area contributed by atoms with Crippen LogP contribution in [0.5, 0.6) is 0 Å². The van der Waals surface area contributed by atoms with E-state index in [9.17, 15) is 4.79 Å². The summed E-state index contributed by atoms with van der Waals surface area (Å²) in [6.07, 6.45) is 1.57. The zero-order chi connectivity index (χ0) is 11.4. The minimum Gasteiger partial charge on any atom is -0.369 e. The third-order valence-corrected chi connectivity index (χ3v) is 2.87. The zero-order valence-corrected chi connectivity index (χ0v) is 9.39. The normalized spacial score (nSPS) is 16.9. The molecule has 0 atom stereocenters. The minimum atomic E-state index is 0.673. The third-order valence-electron chi connectivity index (χ3n) is 2.87. The van der Waals surface area contributed by atoms with Crippen molar-refractivity contribution in [3.05, 3.63) is 24.3 Å². The molecule has 0 bridgehead atoms. The molecule has 16 heavy (non-hydrogen) atoms. The first-order valence-corrected chi connectivity index (χ1v) is 5.41. The maximum atomic E-state index is 10.2. The molecular formula is C12H15N3O. The molecule has 0 unspecified atom stereocenters. The van der Waals surface area contributed by atoms with Crippen LogP contribution >= 0.6 is 0 Å². The van der Waals surface area contributed by atoms with Crippen LogP contribution in [0, 0.1) is 0 Å². The number of piperazine rings is 1. The van der Waals surface area contributed by atoms with Gasteiger partial charge in [-0.25, -0.2) is 4.79 Å². The van der Waals surface area contributed by atoms with Gasteiger partial charge in [-0.3, -0.25) is 0 Å². The van der Waals surface area contributed by atoms with Gasteiger partial charge in [-0.2, -0.15) is 4.99 Å². The van der Waals surface area contributed by atoms with Gasteiger partial charge in [0, 0.05) is 31.9 Å². The molecule has 4 heteroatoms. The predicted molar refractivity (Wildman–Crippen MR) is 63.9 cm³/mol. The summed E-state index contributed by atoms with van der Waals surface area (Å²) in [5.74, 6) is 0. The van der Waals surface area contributed by atoms with E-state index in [-0.39, 0.29) is 0 Å². The van der Waals surface area contributed by atoms with Crippen molar-refractivity contribution in [2.24, 2.45) is 4.99 Å². The highest BCUT2D eigenvalue weighted by atomic mass is 16.1. The largest absolute Gasteiger partial charge is 0.369 e. The van der Waals surface area contributed by atoms with Crippen LogP contribution in [0.1, 0.15) is 0 Å². The number of hydrogen-bond acceptors (Lipinski definition) is 4. The lowest BCUT2D eigenvalue weighted by Gasteiger charge is -2.34. The number of benzene rings is 1. The maximum absolute atomic E-state index is 10.2. The molecule has 0 radical (unpaired) electrons. The van der Waals surface area contributed by atoms with Gasteiger partial charge in [0.2, 0.25) is 6.08 Å². The van der Waals surface area contributed by atoms with Crippen LogP contribution in [-0.4, -0.2) is 44.2 Å². The monoisotopic (exact) mass is 217 g/mol. The van der Waals surface area contributed by atoms with Crippen LogP contribution in [0.3, 0.4) is 0 Å². The Morgan fingerprint density at radius 3 is 2.69 bits per heavy atom. The molecular weight excluding hydrogens is 202 g/mol. The third kappa shape index (κ3) is 2.48. The van der Waals surface area contributed by atoms with E-state index >= 15 is 0 Å². The van der Waals surface area contributed by atoms with Crippen LogP contribution in [0.4, 0.5) is 11.4 Å². The second-order valence-electron chi connectivity index (χ2n) is 4.01. The van der Waals surface area contributed by atoms with E-state index in [0.717, 1.165) is 31.9 Å². The van der Waals surface area contributed by atoms with Gasteiger partial charge in [0.15, 0.2) is 0 Å². The molecule has 0 N–H and O–H groups in total. The van der Waals surface area contributed by atoms with Crippen LogP contribution < -0.4 is 4.90 Å². The summed E-state index contributed by atoms with van der Waals surface area (Å²) in [7, 11) is 2.13. The second-order valence-corrected chi connectivity index (χ2v) is 4.01. The van der Waals surface area contributed by atoms with Crippen molar-refractivity contribution in [2.45, 2.75) is 0 Å². The van der Waals surface area contributed by atoms with E-state index in [1.54, 1.807) is 6.08 Å². The van der Waals surface area contributed by atoms with Gasteiger partial charge in [0.05, 0.1) is 5.69 Å². The molecule has 4 nitrogen and oxygen atoms in total. The molecule has 0 saturated carbocycles. The molecule has 1 aliphatic heterocycles. The molecule has 0 spiro atoms. The van der Waals surface area contributed by atoms with Gasteiger partial charge in [-0.15, -0.1) is 0 Å². The smallest absolute Gasteiger partial charge is 0.240 e. The Kier molecular flexibility index (Phi) is 3.34. The highest BCUT2D eigenvalue weighted by Crippen LogP contribution is 2.21. The predicted octanol–water partition coefficient (Wildman–Crippen LogP) is 1.41. The Bertz CT molecular complexity index is 404. The molecule has 0 aromatic heterocycles. The lowest BCUT2D eigenvalue weighted by molar-refractivity contribution is 0.313. The first-order chi connectivity index (χ1) is 7.79. The fourth-order valence-electron chi connectivity index (χ4n) is 1.88. The number of carbonyl (C=O) groups excluding carboxylic acids is 1. The molecule has 0 aliphatic carbocycles. The summed E-state index contributed by atoms with van der Waals surface area (Å²) in [5.41, 5.74) is 1.80. The lowest BCUT2D eigenvalue weighted by Crippen LogP contribution is -2.44. The summed E-state index contributed by atoms with van der Waals surface area (Å²) in [6, 6.07) is 7.71. The molecule has 1 aliphatic rings. The molecule has 1 aromatic rings. The van der Waals surface area contributed by atoms with Crippen LogP contribution in [0.2, 0.25) is 0 Å². The van der Waals surface area contributed by atoms with Gasteiger partial charge >= 0.3 is 0 Å². The van der Waals surface area contributed by atoms with Crippen molar-refractivity contribution in [1.82, 2.24) is 4.90 Å². The molecule has 1 fully saturated rings. The van der Waals surface area contributed by atoms with Crippen molar-refractivity contribution in [3.8, 4) is 0 Å². The summed E-state index contributed by atoms with van der Waals surface area (Å²) >= 11 is 0. The quantitative estimate of drug-likeness (QED) is 0.555. The Labute approximate surface area is 95.2 Å². The van der Waals surface area contributed by atoms with Crippen molar-refractivity contribution < 1.29 is 4.79 Å². The van der Waals surface area contributed by atoms with E-state index in [1.807, 2.05) is 18.2 Å². The molecule has 1 aromatic carbocycles. The zero-order valence-electron chi connectivity index (χ0n) is 9.39. The average molecular weight is 217 g/mol. The van der Waals surface area contributed by atoms with Gasteiger partial charge < -0.3 is 9.80 Å². The highest BCUT2D eigenvalue weighted by Gasteiger charge is 2.14. The fraction of sp³-hybridized carbons (Fsp3) is 0.417. The first-order valence-electron chi connectivity index (χ1n) is 5.41. The van der Waals surface area contributed by atoms with E-state index in [2.05, 4.69) is 27.9 Å². The SMILES string of the molecule is CN1CCN(c2cccc(N=C=O)c2)CC1. The van der Waals surface area contributed by atoms with Crippen molar-refractivity contribution in [2.75, 3.05) is 38.1 Å². The van der Waals surface area contributed by atoms with Crippen LogP contribution in [0.15, 0.2) is 29.3 Å². The number of aliphatic imine (C=N–C) groups is 1. The first kappa shape index (κ1) is 10.9. The number of rotatable bonds is 2. The van der Waals surface area contributed by atoms with Crippen molar-refractivity contribution in [1.29, 1.82) is 0 Å². The van der Waals surface area contributed by atoms with Crippen molar-refractivity contribution >= 4 is 17.5 Å². The Balaban J connectivity index is 2.14. The van der Waals surface area contributed by atoms with Crippen LogP contribution in [-0.2, 0) is 4.79 Å². The number of likely N-dealkylation sites (N-methyl/N-ethyl adjacent to an activating group) is 1. The second kappa shape index (κ2) is 4.92. The lowest BCUT2D eigenvalue weighted by atomic mass is 10.2. The Hall–Kier alpha value is -1.64.